The molecule has 0 bridgehead atoms. The molecule has 0 saturated carbocycles. The molecule has 1 aliphatic rings. The number of thiophene rings is 1. The number of rotatable bonds is 5. The van der Waals surface area contributed by atoms with Gasteiger partial charge in [0.15, 0.2) is 0 Å². The van der Waals surface area contributed by atoms with E-state index in [1.807, 2.05) is 18.2 Å². The summed E-state index contributed by atoms with van der Waals surface area (Å²) in [5, 5.41) is 4.26. The smallest absolute Gasteiger partial charge is 0.341 e. The molecule has 0 aliphatic heterocycles. The van der Waals surface area contributed by atoms with Crippen molar-refractivity contribution >= 4 is 57.5 Å². The molecule has 0 saturated heterocycles. The van der Waals surface area contributed by atoms with Gasteiger partial charge < -0.3 is 10.1 Å². The summed E-state index contributed by atoms with van der Waals surface area (Å²) in [6.07, 6.45) is 5.61. The van der Waals surface area contributed by atoms with E-state index in [0.29, 0.717) is 26.5 Å². The van der Waals surface area contributed by atoms with E-state index in [4.69, 9.17) is 27.9 Å². The van der Waals surface area contributed by atoms with Crippen molar-refractivity contribution in [1.29, 1.82) is 0 Å². The van der Waals surface area contributed by atoms with Gasteiger partial charge in [-0.3, -0.25) is 4.79 Å². The molecule has 4 rings (SSSR count). The first-order valence-electron chi connectivity index (χ1n) is 10.2. The third-order valence-electron chi connectivity index (χ3n) is 5.53. The topological polar surface area (TPSA) is 55.4 Å². The van der Waals surface area contributed by atoms with E-state index in [0.717, 1.165) is 35.3 Å². The van der Waals surface area contributed by atoms with Crippen LogP contribution in [-0.4, -0.2) is 19.0 Å². The zero-order chi connectivity index (χ0) is 22.7. The van der Waals surface area contributed by atoms with Crippen molar-refractivity contribution in [1.82, 2.24) is 0 Å². The van der Waals surface area contributed by atoms with Gasteiger partial charge >= 0.3 is 5.97 Å². The van der Waals surface area contributed by atoms with E-state index in [2.05, 4.69) is 17.4 Å². The second kappa shape index (κ2) is 9.90. The van der Waals surface area contributed by atoms with Gasteiger partial charge in [0.05, 0.1) is 22.7 Å². The summed E-state index contributed by atoms with van der Waals surface area (Å²) in [7, 11) is 1.36. The lowest BCUT2D eigenvalue weighted by Crippen LogP contribution is -2.15. The molecule has 1 aliphatic carbocycles. The molecule has 4 nitrogen and oxygen atoms in total. The number of benzene rings is 2. The molecule has 1 aromatic heterocycles. The van der Waals surface area contributed by atoms with Crippen LogP contribution in [0.15, 0.2) is 54.6 Å². The molecule has 1 heterocycles. The molecule has 1 amide bonds. The quantitative estimate of drug-likeness (QED) is 0.320. The van der Waals surface area contributed by atoms with Gasteiger partial charge in [-0.2, -0.15) is 0 Å². The monoisotopic (exact) mass is 485 g/mol. The Morgan fingerprint density at radius 1 is 1.12 bits per heavy atom. The Balaban J connectivity index is 1.56. The van der Waals surface area contributed by atoms with E-state index in [9.17, 15) is 9.59 Å². The second-order valence-corrected chi connectivity index (χ2v) is 9.47. The van der Waals surface area contributed by atoms with Crippen LogP contribution in [0.2, 0.25) is 10.0 Å². The SMILES string of the molecule is COC(=O)c1c(NC(=O)/C=C/c2ccc(Cl)c(Cl)c2)sc2c1CCC(c1ccccc1)C2. The van der Waals surface area contributed by atoms with Gasteiger partial charge in [-0.05, 0) is 60.1 Å². The molecular formula is C25H21Cl2NO3S. The maximum absolute atomic E-state index is 12.6. The van der Waals surface area contributed by atoms with Crippen molar-refractivity contribution in [2.75, 3.05) is 12.4 Å². The van der Waals surface area contributed by atoms with Gasteiger partial charge in [-0.1, -0.05) is 59.6 Å². The molecule has 2 aromatic carbocycles. The van der Waals surface area contributed by atoms with Crippen molar-refractivity contribution in [2.24, 2.45) is 0 Å². The Bertz CT molecular complexity index is 1190. The third-order valence-corrected chi connectivity index (χ3v) is 7.44. The molecule has 1 N–H and O–H groups in total. The highest BCUT2D eigenvalue weighted by Gasteiger charge is 2.30. The molecule has 7 heteroatoms. The van der Waals surface area contributed by atoms with Crippen molar-refractivity contribution in [3.05, 3.63) is 91.8 Å². The van der Waals surface area contributed by atoms with E-state index in [-0.39, 0.29) is 5.91 Å². The maximum atomic E-state index is 12.6. The van der Waals surface area contributed by atoms with Crippen LogP contribution in [0.25, 0.3) is 6.08 Å². The number of halogens is 2. The summed E-state index contributed by atoms with van der Waals surface area (Å²) in [4.78, 5) is 26.3. The Morgan fingerprint density at radius 3 is 2.62 bits per heavy atom. The zero-order valence-electron chi connectivity index (χ0n) is 17.4. The fourth-order valence-corrected chi connectivity index (χ4v) is 5.57. The highest BCUT2D eigenvalue weighted by atomic mass is 35.5. The molecule has 3 aromatic rings. The van der Waals surface area contributed by atoms with Crippen molar-refractivity contribution in [2.45, 2.75) is 25.2 Å². The van der Waals surface area contributed by atoms with E-state index in [1.165, 1.54) is 30.1 Å². The minimum Gasteiger partial charge on any atom is -0.465 e. The predicted octanol–water partition coefficient (Wildman–Crippen LogP) is 6.77. The molecule has 0 spiro atoms. The number of hydrogen-bond donors (Lipinski definition) is 1. The van der Waals surface area contributed by atoms with Crippen LogP contribution in [0.4, 0.5) is 5.00 Å². The molecule has 0 radical (unpaired) electrons. The number of amides is 1. The van der Waals surface area contributed by atoms with Gasteiger partial charge in [0, 0.05) is 11.0 Å². The van der Waals surface area contributed by atoms with E-state index >= 15 is 0 Å². The summed E-state index contributed by atoms with van der Waals surface area (Å²) in [5.41, 5.74) is 3.49. The van der Waals surface area contributed by atoms with Crippen LogP contribution in [0.3, 0.4) is 0 Å². The molecular weight excluding hydrogens is 465 g/mol. The van der Waals surface area contributed by atoms with Crippen LogP contribution in [0.5, 0.6) is 0 Å². The number of nitrogens with one attached hydrogen (secondary N) is 1. The number of methoxy groups -OCH3 is 1. The first-order chi connectivity index (χ1) is 15.5. The number of carbonyl (C=O) groups is 2. The first kappa shape index (κ1) is 22.6. The Labute approximate surface area is 200 Å². The fourth-order valence-electron chi connectivity index (χ4n) is 3.94. The van der Waals surface area contributed by atoms with Crippen molar-refractivity contribution < 1.29 is 14.3 Å². The van der Waals surface area contributed by atoms with E-state index in [1.54, 1.807) is 24.3 Å². The highest BCUT2D eigenvalue weighted by Crippen LogP contribution is 2.42. The van der Waals surface area contributed by atoms with Gasteiger partial charge in [0.25, 0.3) is 0 Å². The molecule has 1 unspecified atom stereocenters. The largest absolute Gasteiger partial charge is 0.465 e. The summed E-state index contributed by atoms with van der Waals surface area (Å²) >= 11 is 13.4. The summed E-state index contributed by atoms with van der Waals surface area (Å²) < 4.78 is 5.02. The lowest BCUT2D eigenvalue weighted by atomic mass is 9.83. The summed E-state index contributed by atoms with van der Waals surface area (Å²) in [6.45, 7) is 0. The number of carbonyl (C=O) groups excluding carboxylic acids is 2. The van der Waals surface area contributed by atoms with Crippen LogP contribution < -0.4 is 5.32 Å². The normalized spacial score (nSPS) is 15.4. The predicted molar refractivity (Wildman–Crippen MR) is 131 cm³/mol. The average molecular weight is 486 g/mol. The number of ether oxygens (including phenoxy) is 1. The first-order valence-corrected chi connectivity index (χ1v) is 11.8. The summed E-state index contributed by atoms with van der Waals surface area (Å²) in [6, 6.07) is 15.5. The van der Waals surface area contributed by atoms with E-state index < -0.39 is 5.97 Å². The lowest BCUT2D eigenvalue weighted by Gasteiger charge is -2.22. The second-order valence-electron chi connectivity index (χ2n) is 7.55. The van der Waals surface area contributed by atoms with Crippen LogP contribution in [0.1, 0.15) is 44.3 Å². The standard InChI is InChI=1S/C25H21Cl2NO3S/c1-31-25(30)23-18-10-9-17(16-5-3-2-4-6-16)14-21(18)32-24(23)28-22(29)12-8-15-7-11-19(26)20(27)13-15/h2-8,11-13,17H,9-10,14H2,1H3,(H,28,29)/b12-8+. The van der Waals surface area contributed by atoms with Gasteiger partial charge in [-0.15, -0.1) is 11.3 Å². The number of esters is 1. The van der Waals surface area contributed by atoms with Crippen molar-refractivity contribution in [3.63, 3.8) is 0 Å². The molecule has 164 valence electrons. The number of hydrogen-bond acceptors (Lipinski definition) is 4. The van der Waals surface area contributed by atoms with Gasteiger partial charge in [0.1, 0.15) is 5.00 Å². The minimum atomic E-state index is -0.426. The number of fused-ring (bicyclic) bond motifs is 1. The molecule has 1 atom stereocenters. The lowest BCUT2D eigenvalue weighted by molar-refractivity contribution is -0.111. The van der Waals surface area contributed by atoms with Gasteiger partial charge in [0.2, 0.25) is 5.91 Å². The molecule has 32 heavy (non-hydrogen) atoms. The fraction of sp³-hybridized carbons (Fsp3) is 0.200. The van der Waals surface area contributed by atoms with Crippen LogP contribution in [0, 0.1) is 0 Å². The average Bonchev–Trinajstić information content (AvgIpc) is 3.16. The van der Waals surface area contributed by atoms with Crippen molar-refractivity contribution in [3.8, 4) is 0 Å². The zero-order valence-corrected chi connectivity index (χ0v) is 19.7. The van der Waals surface area contributed by atoms with Gasteiger partial charge in [-0.25, -0.2) is 4.79 Å². The Kier molecular flexibility index (Phi) is 6.99. The number of anilines is 1. The third kappa shape index (κ3) is 4.90. The molecule has 0 fully saturated rings. The Morgan fingerprint density at radius 2 is 1.91 bits per heavy atom. The minimum absolute atomic E-state index is 0.334. The van der Waals surface area contributed by atoms with Crippen LogP contribution in [-0.2, 0) is 22.4 Å². The maximum Gasteiger partial charge on any atom is 0.341 e. The van der Waals surface area contributed by atoms with Crippen LogP contribution >= 0.6 is 34.5 Å². The highest BCUT2D eigenvalue weighted by molar-refractivity contribution is 7.17. The Hall–Kier alpha value is -2.60. The summed E-state index contributed by atoms with van der Waals surface area (Å²) in [5.74, 6) is -0.366.